The van der Waals surface area contributed by atoms with E-state index in [0.717, 1.165) is 16.2 Å². The van der Waals surface area contributed by atoms with Gasteiger partial charge in [-0.15, -0.1) is 22.7 Å². The van der Waals surface area contributed by atoms with Gasteiger partial charge in [0.15, 0.2) is 0 Å². The standard InChI is InChI=1S/C13H16N2O4S3/c1-15(2)10(11-4-3-5-20-11)7-14-22(18,19)12-6-9(8-21-12)13(16)17/h3-6,8,10,14H,7H2,1-2H3,(H,16,17). The molecule has 0 saturated heterocycles. The first-order chi connectivity index (χ1) is 10.3. The second-order valence-corrected chi connectivity index (χ2v) is 8.69. The van der Waals surface area contributed by atoms with Crippen LogP contribution in [0.2, 0.25) is 0 Å². The van der Waals surface area contributed by atoms with Crippen molar-refractivity contribution in [3.63, 3.8) is 0 Å². The normalized spacial score (nSPS) is 13.4. The highest BCUT2D eigenvalue weighted by molar-refractivity contribution is 7.91. The van der Waals surface area contributed by atoms with Gasteiger partial charge < -0.3 is 10.0 Å². The van der Waals surface area contributed by atoms with Crippen LogP contribution >= 0.6 is 22.7 Å². The molecular weight excluding hydrogens is 344 g/mol. The van der Waals surface area contributed by atoms with Crippen molar-refractivity contribution in [3.05, 3.63) is 39.4 Å². The fraction of sp³-hybridized carbons (Fsp3) is 0.308. The Balaban J connectivity index is 2.12. The van der Waals surface area contributed by atoms with E-state index in [0.29, 0.717) is 0 Å². The molecule has 9 heteroatoms. The Morgan fingerprint density at radius 3 is 2.64 bits per heavy atom. The van der Waals surface area contributed by atoms with Crippen LogP contribution < -0.4 is 4.72 Å². The summed E-state index contributed by atoms with van der Waals surface area (Å²) in [4.78, 5) is 13.8. The van der Waals surface area contributed by atoms with E-state index in [2.05, 4.69) is 4.72 Å². The fourth-order valence-electron chi connectivity index (χ4n) is 1.85. The van der Waals surface area contributed by atoms with Crippen LogP contribution in [0.1, 0.15) is 21.3 Å². The summed E-state index contributed by atoms with van der Waals surface area (Å²) in [6.07, 6.45) is 0. The minimum Gasteiger partial charge on any atom is -0.478 e. The van der Waals surface area contributed by atoms with Crippen LogP contribution in [0.5, 0.6) is 0 Å². The monoisotopic (exact) mass is 360 g/mol. The number of hydrogen-bond acceptors (Lipinski definition) is 6. The van der Waals surface area contributed by atoms with E-state index in [1.54, 1.807) is 11.3 Å². The molecule has 1 atom stereocenters. The molecule has 120 valence electrons. The van der Waals surface area contributed by atoms with Gasteiger partial charge in [0.05, 0.1) is 11.6 Å². The van der Waals surface area contributed by atoms with Gasteiger partial charge in [-0.1, -0.05) is 6.07 Å². The quantitative estimate of drug-likeness (QED) is 0.789. The Morgan fingerprint density at radius 1 is 1.41 bits per heavy atom. The van der Waals surface area contributed by atoms with Crippen molar-refractivity contribution in [2.24, 2.45) is 0 Å². The average Bonchev–Trinajstić information content (AvgIpc) is 3.10. The van der Waals surface area contributed by atoms with Crippen molar-refractivity contribution in [1.82, 2.24) is 9.62 Å². The van der Waals surface area contributed by atoms with Crippen LogP contribution in [0.3, 0.4) is 0 Å². The van der Waals surface area contributed by atoms with Gasteiger partial charge in [-0.3, -0.25) is 0 Å². The zero-order chi connectivity index (χ0) is 16.3. The number of rotatable bonds is 7. The van der Waals surface area contributed by atoms with Gasteiger partial charge in [-0.25, -0.2) is 17.9 Å². The largest absolute Gasteiger partial charge is 0.478 e. The molecule has 2 heterocycles. The smallest absolute Gasteiger partial charge is 0.336 e. The van der Waals surface area contributed by atoms with Gasteiger partial charge in [0.1, 0.15) is 4.21 Å². The highest BCUT2D eigenvalue weighted by Crippen LogP contribution is 2.24. The summed E-state index contributed by atoms with van der Waals surface area (Å²) >= 11 is 2.46. The summed E-state index contributed by atoms with van der Waals surface area (Å²) in [6.45, 7) is 0.218. The molecule has 2 rings (SSSR count). The third-order valence-corrected chi connectivity index (χ3v) is 6.89. The summed E-state index contributed by atoms with van der Waals surface area (Å²) in [5.41, 5.74) is -0.0206. The van der Waals surface area contributed by atoms with Crippen molar-refractivity contribution in [1.29, 1.82) is 0 Å². The number of thiophene rings is 2. The summed E-state index contributed by atoms with van der Waals surface area (Å²) in [5.74, 6) is -1.14. The van der Waals surface area contributed by atoms with Crippen LogP contribution in [0, 0.1) is 0 Å². The maximum absolute atomic E-state index is 12.3. The van der Waals surface area contributed by atoms with E-state index in [9.17, 15) is 13.2 Å². The Labute approximate surface area is 137 Å². The fourth-order valence-corrected chi connectivity index (χ4v) is 5.01. The summed E-state index contributed by atoms with van der Waals surface area (Å²) < 4.78 is 27.1. The van der Waals surface area contributed by atoms with E-state index in [-0.39, 0.29) is 22.4 Å². The number of hydrogen-bond donors (Lipinski definition) is 2. The zero-order valence-corrected chi connectivity index (χ0v) is 14.5. The zero-order valence-electron chi connectivity index (χ0n) is 12.0. The molecule has 0 aliphatic heterocycles. The van der Waals surface area contributed by atoms with Crippen molar-refractivity contribution in [2.75, 3.05) is 20.6 Å². The van der Waals surface area contributed by atoms with Crippen LogP contribution in [0.25, 0.3) is 0 Å². The van der Waals surface area contributed by atoms with E-state index in [4.69, 9.17) is 5.11 Å². The number of carbonyl (C=O) groups is 1. The molecule has 2 N–H and O–H groups in total. The topological polar surface area (TPSA) is 86.7 Å². The van der Waals surface area contributed by atoms with Crippen molar-refractivity contribution < 1.29 is 18.3 Å². The minimum absolute atomic E-state index is 0.00795. The molecule has 2 aromatic rings. The SMILES string of the molecule is CN(C)C(CNS(=O)(=O)c1cc(C(=O)O)cs1)c1cccs1. The molecule has 0 aromatic carbocycles. The maximum atomic E-state index is 12.3. The lowest BCUT2D eigenvalue weighted by atomic mass is 10.2. The molecule has 0 amide bonds. The van der Waals surface area contributed by atoms with Gasteiger partial charge in [-0.2, -0.15) is 0 Å². The highest BCUT2D eigenvalue weighted by Gasteiger charge is 2.22. The first-order valence-electron chi connectivity index (χ1n) is 6.32. The molecular formula is C13H16N2O4S3. The first-order valence-corrected chi connectivity index (χ1v) is 9.57. The molecule has 0 aliphatic rings. The minimum atomic E-state index is -3.71. The van der Waals surface area contributed by atoms with Crippen molar-refractivity contribution in [2.45, 2.75) is 10.3 Å². The number of carboxylic acids is 1. The predicted molar refractivity (Wildman–Crippen MR) is 87.2 cm³/mol. The second-order valence-electron chi connectivity index (χ2n) is 4.81. The number of carboxylic acid groups (broad SMARTS) is 1. The average molecular weight is 360 g/mol. The van der Waals surface area contributed by atoms with Gasteiger partial charge >= 0.3 is 5.97 Å². The Hall–Kier alpha value is -1.26. The molecule has 0 bridgehead atoms. The number of nitrogens with zero attached hydrogens (tertiary/aromatic N) is 1. The summed E-state index contributed by atoms with van der Waals surface area (Å²) in [7, 11) is 0.0531. The number of nitrogens with one attached hydrogen (secondary N) is 1. The molecule has 22 heavy (non-hydrogen) atoms. The van der Waals surface area contributed by atoms with Crippen molar-refractivity contribution >= 4 is 38.7 Å². The molecule has 0 spiro atoms. The Morgan fingerprint density at radius 2 is 2.14 bits per heavy atom. The van der Waals surface area contributed by atoms with Crippen molar-refractivity contribution in [3.8, 4) is 0 Å². The van der Waals surface area contributed by atoms with E-state index >= 15 is 0 Å². The van der Waals surface area contributed by atoms with Gasteiger partial charge in [0, 0.05) is 16.8 Å². The van der Waals surface area contributed by atoms with Crippen LogP contribution in [0.15, 0.2) is 33.2 Å². The van der Waals surface area contributed by atoms with Gasteiger partial charge in [-0.05, 0) is 31.6 Å². The molecule has 0 saturated carbocycles. The number of likely N-dealkylation sites (N-methyl/N-ethyl adjacent to an activating group) is 1. The second kappa shape index (κ2) is 6.88. The van der Waals surface area contributed by atoms with E-state index in [1.807, 2.05) is 36.5 Å². The molecule has 1 unspecified atom stereocenters. The molecule has 0 radical (unpaired) electrons. The lowest BCUT2D eigenvalue weighted by Gasteiger charge is -2.23. The predicted octanol–water partition coefficient (Wildman–Crippen LogP) is 2.09. The molecule has 0 fully saturated rings. The van der Waals surface area contributed by atoms with Crippen LogP contribution in [-0.4, -0.2) is 45.0 Å². The lowest BCUT2D eigenvalue weighted by Crippen LogP contribution is -2.33. The van der Waals surface area contributed by atoms with E-state index in [1.165, 1.54) is 11.4 Å². The summed E-state index contributed by atoms with van der Waals surface area (Å²) in [6, 6.07) is 4.97. The molecule has 6 nitrogen and oxygen atoms in total. The van der Waals surface area contributed by atoms with E-state index < -0.39 is 16.0 Å². The van der Waals surface area contributed by atoms with Crippen LogP contribution in [0.4, 0.5) is 0 Å². The Bertz CT molecular complexity index is 735. The van der Waals surface area contributed by atoms with Crippen LogP contribution in [-0.2, 0) is 10.0 Å². The maximum Gasteiger partial charge on any atom is 0.336 e. The first kappa shape index (κ1) is 17.1. The molecule has 2 aromatic heterocycles. The molecule has 0 aliphatic carbocycles. The summed E-state index contributed by atoms with van der Waals surface area (Å²) in [5, 5.41) is 12.1. The Kier molecular flexibility index (Phi) is 5.35. The third-order valence-electron chi connectivity index (χ3n) is 3.05. The van der Waals surface area contributed by atoms with Gasteiger partial charge in [0.25, 0.3) is 0 Å². The van der Waals surface area contributed by atoms with Gasteiger partial charge in [0.2, 0.25) is 10.0 Å². The number of sulfonamides is 1. The highest BCUT2D eigenvalue weighted by atomic mass is 32.2. The lowest BCUT2D eigenvalue weighted by molar-refractivity contribution is 0.0697. The number of aromatic carboxylic acids is 1. The third kappa shape index (κ3) is 3.93.